The Morgan fingerprint density at radius 2 is 1.73 bits per heavy atom. The maximum atomic E-state index is 13.4. The van der Waals surface area contributed by atoms with Crippen LogP contribution in [-0.4, -0.2) is 38.0 Å². The van der Waals surface area contributed by atoms with Gasteiger partial charge >= 0.3 is 5.97 Å². The van der Waals surface area contributed by atoms with Crippen molar-refractivity contribution in [2.75, 3.05) is 25.2 Å². The molecule has 1 saturated carbocycles. The zero-order valence-corrected chi connectivity index (χ0v) is 18.9. The van der Waals surface area contributed by atoms with Gasteiger partial charge in [0, 0.05) is 24.3 Å². The molecule has 7 heteroatoms. The number of carbonyl (C=O) groups excluding carboxylic acids is 3. The van der Waals surface area contributed by atoms with E-state index in [0.717, 1.165) is 36.1 Å². The first-order valence-corrected chi connectivity index (χ1v) is 11.5. The lowest BCUT2D eigenvalue weighted by Gasteiger charge is -2.32. The van der Waals surface area contributed by atoms with E-state index < -0.39 is 17.8 Å². The number of amides is 2. The van der Waals surface area contributed by atoms with Crippen LogP contribution >= 0.6 is 0 Å². The summed E-state index contributed by atoms with van der Waals surface area (Å²) in [6, 6.07) is 15.3. The first-order valence-electron chi connectivity index (χ1n) is 11.5. The summed E-state index contributed by atoms with van der Waals surface area (Å²) in [4.78, 5) is 40.3. The van der Waals surface area contributed by atoms with Crippen molar-refractivity contribution in [2.24, 2.45) is 11.8 Å². The second-order valence-electron chi connectivity index (χ2n) is 8.56. The summed E-state index contributed by atoms with van der Waals surface area (Å²) >= 11 is 0. The number of ether oxygens (including phenoxy) is 2. The van der Waals surface area contributed by atoms with Crippen LogP contribution in [0, 0.1) is 11.8 Å². The molecule has 2 atom stereocenters. The topological polar surface area (TPSA) is 84.9 Å². The third-order valence-electron chi connectivity index (χ3n) is 6.55. The Bertz CT molecular complexity index is 1020. The molecule has 1 aliphatic heterocycles. The number of nitrogens with zero attached hydrogens (tertiary/aromatic N) is 1. The van der Waals surface area contributed by atoms with Crippen LogP contribution in [0.2, 0.25) is 0 Å². The van der Waals surface area contributed by atoms with Crippen LogP contribution < -0.4 is 15.0 Å². The van der Waals surface area contributed by atoms with Gasteiger partial charge in [0.2, 0.25) is 5.91 Å². The molecule has 2 unspecified atom stereocenters. The molecule has 4 rings (SSSR count). The average Bonchev–Trinajstić information content (AvgIpc) is 3.30. The van der Waals surface area contributed by atoms with Gasteiger partial charge in [0.1, 0.15) is 5.75 Å². The molecule has 0 radical (unpaired) electrons. The highest BCUT2D eigenvalue weighted by molar-refractivity contribution is 5.99. The van der Waals surface area contributed by atoms with E-state index in [-0.39, 0.29) is 25.0 Å². The molecule has 1 fully saturated rings. The minimum absolute atomic E-state index is 0.0118. The number of para-hydroxylation sites is 2. The summed E-state index contributed by atoms with van der Waals surface area (Å²) in [5.41, 5.74) is 2.94. The average molecular weight is 451 g/mol. The van der Waals surface area contributed by atoms with Crippen LogP contribution in [0.25, 0.3) is 0 Å². The number of fused-ring (bicyclic) bond motifs is 1. The van der Waals surface area contributed by atoms with Gasteiger partial charge in [0.25, 0.3) is 5.91 Å². The zero-order valence-electron chi connectivity index (χ0n) is 18.9. The number of hydrogen-bond donors (Lipinski definition) is 1. The molecule has 1 heterocycles. The molecule has 1 N–H and O–H groups in total. The fraction of sp³-hybridized carbons (Fsp3) is 0.423. The normalized spacial score (nSPS) is 19.5. The molecule has 0 saturated heterocycles. The Morgan fingerprint density at radius 1 is 1.00 bits per heavy atom. The van der Waals surface area contributed by atoms with E-state index in [4.69, 9.17) is 9.47 Å². The number of rotatable bonds is 7. The van der Waals surface area contributed by atoms with Crippen molar-refractivity contribution in [1.82, 2.24) is 5.32 Å². The monoisotopic (exact) mass is 450 g/mol. The molecule has 2 amide bonds. The molecule has 174 valence electrons. The summed E-state index contributed by atoms with van der Waals surface area (Å²) < 4.78 is 10.6. The molecular formula is C26H30N2O5. The van der Waals surface area contributed by atoms with E-state index in [1.807, 2.05) is 53.4 Å². The maximum absolute atomic E-state index is 13.4. The summed E-state index contributed by atoms with van der Waals surface area (Å²) in [6.07, 6.45) is 3.89. The molecule has 2 aromatic carbocycles. The van der Waals surface area contributed by atoms with Crippen molar-refractivity contribution in [3.63, 3.8) is 0 Å². The van der Waals surface area contributed by atoms with Gasteiger partial charge in [-0.25, -0.2) is 0 Å². The highest BCUT2D eigenvalue weighted by atomic mass is 16.5. The fourth-order valence-electron chi connectivity index (χ4n) is 4.81. The Kier molecular flexibility index (Phi) is 7.27. The molecule has 2 aliphatic rings. The molecule has 0 bridgehead atoms. The predicted molar refractivity (Wildman–Crippen MR) is 124 cm³/mol. The van der Waals surface area contributed by atoms with Gasteiger partial charge in [-0.2, -0.15) is 0 Å². The van der Waals surface area contributed by atoms with E-state index in [1.54, 1.807) is 7.11 Å². The number of carbonyl (C=O) groups is 3. The van der Waals surface area contributed by atoms with Crippen molar-refractivity contribution in [3.05, 3.63) is 59.7 Å². The van der Waals surface area contributed by atoms with Crippen LogP contribution in [0.4, 0.5) is 5.69 Å². The highest BCUT2D eigenvalue weighted by Gasteiger charge is 2.40. The molecule has 2 aromatic rings. The smallest absolute Gasteiger partial charge is 0.310 e. The molecule has 7 nitrogen and oxygen atoms in total. The summed E-state index contributed by atoms with van der Waals surface area (Å²) in [5.74, 6) is -1.10. The van der Waals surface area contributed by atoms with E-state index in [9.17, 15) is 14.4 Å². The first-order chi connectivity index (χ1) is 16.1. The minimum atomic E-state index is -0.513. The van der Waals surface area contributed by atoms with Crippen LogP contribution in [0.5, 0.6) is 5.75 Å². The van der Waals surface area contributed by atoms with Crippen molar-refractivity contribution >= 4 is 23.5 Å². The van der Waals surface area contributed by atoms with Crippen molar-refractivity contribution in [2.45, 2.75) is 38.6 Å². The van der Waals surface area contributed by atoms with E-state index in [1.165, 1.54) is 0 Å². The van der Waals surface area contributed by atoms with Gasteiger partial charge in [-0.3, -0.25) is 14.4 Å². The maximum Gasteiger partial charge on any atom is 0.310 e. The molecule has 0 spiro atoms. The third kappa shape index (κ3) is 5.18. The van der Waals surface area contributed by atoms with Crippen molar-refractivity contribution < 1.29 is 23.9 Å². The number of benzene rings is 2. The van der Waals surface area contributed by atoms with Gasteiger partial charge in [-0.15, -0.1) is 0 Å². The quantitative estimate of drug-likeness (QED) is 0.655. The predicted octanol–water partition coefficient (Wildman–Crippen LogP) is 3.25. The number of nitrogens with one attached hydrogen (secondary N) is 1. The Morgan fingerprint density at radius 3 is 2.55 bits per heavy atom. The van der Waals surface area contributed by atoms with Gasteiger partial charge in [0.15, 0.2) is 6.61 Å². The van der Waals surface area contributed by atoms with Crippen molar-refractivity contribution in [1.29, 1.82) is 0 Å². The van der Waals surface area contributed by atoms with Gasteiger partial charge in [0.05, 0.1) is 18.9 Å². The highest BCUT2D eigenvalue weighted by Crippen LogP contribution is 2.36. The SMILES string of the molecule is COc1ccccc1CNC(=O)COC(=O)C1CCCCC1C(=O)N1CCc2ccccc21. The number of esters is 1. The zero-order chi connectivity index (χ0) is 23.2. The van der Waals surface area contributed by atoms with E-state index in [0.29, 0.717) is 25.1 Å². The third-order valence-corrected chi connectivity index (χ3v) is 6.55. The number of hydrogen-bond acceptors (Lipinski definition) is 5. The summed E-state index contributed by atoms with van der Waals surface area (Å²) in [7, 11) is 1.57. The molecule has 33 heavy (non-hydrogen) atoms. The minimum Gasteiger partial charge on any atom is -0.496 e. The molecule has 0 aromatic heterocycles. The lowest BCUT2D eigenvalue weighted by Crippen LogP contribution is -2.43. The van der Waals surface area contributed by atoms with Crippen LogP contribution in [0.1, 0.15) is 36.8 Å². The lowest BCUT2D eigenvalue weighted by molar-refractivity contribution is -0.157. The number of methoxy groups -OCH3 is 1. The second kappa shape index (κ2) is 10.5. The van der Waals surface area contributed by atoms with Crippen LogP contribution in [0.15, 0.2) is 48.5 Å². The Hall–Kier alpha value is -3.35. The van der Waals surface area contributed by atoms with E-state index >= 15 is 0 Å². The Balaban J connectivity index is 1.33. The number of anilines is 1. The summed E-state index contributed by atoms with van der Waals surface area (Å²) in [6.45, 7) is 0.555. The van der Waals surface area contributed by atoms with E-state index in [2.05, 4.69) is 5.32 Å². The largest absolute Gasteiger partial charge is 0.496 e. The van der Waals surface area contributed by atoms with Gasteiger partial charge in [-0.1, -0.05) is 49.2 Å². The van der Waals surface area contributed by atoms with Gasteiger partial charge in [-0.05, 0) is 37.0 Å². The summed E-state index contributed by atoms with van der Waals surface area (Å²) in [5, 5.41) is 2.75. The molecular weight excluding hydrogens is 420 g/mol. The van der Waals surface area contributed by atoms with Crippen LogP contribution in [0.3, 0.4) is 0 Å². The second-order valence-corrected chi connectivity index (χ2v) is 8.56. The lowest BCUT2D eigenvalue weighted by atomic mass is 9.78. The van der Waals surface area contributed by atoms with Crippen molar-refractivity contribution in [3.8, 4) is 5.75 Å². The van der Waals surface area contributed by atoms with Crippen LogP contribution in [-0.2, 0) is 32.1 Å². The first kappa shape index (κ1) is 22.8. The fourth-order valence-corrected chi connectivity index (χ4v) is 4.81. The van der Waals surface area contributed by atoms with Gasteiger partial charge < -0.3 is 19.7 Å². The Labute approximate surface area is 194 Å². The standard InChI is InChI=1S/C26H30N2O5/c1-32-23-13-7-3-9-19(23)16-27-24(29)17-33-26(31)21-11-5-4-10-20(21)25(30)28-15-14-18-8-2-6-12-22(18)28/h2-3,6-9,12-13,20-21H,4-5,10-11,14-17H2,1H3,(H,27,29). The molecule has 1 aliphatic carbocycles.